The number of H-pyrrole nitrogens is 1. The van der Waals surface area contributed by atoms with Crippen LogP contribution in [0.25, 0.3) is 10.9 Å². The van der Waals surface area contributed by atoms with Crippen molar-refractivity contribution in [3.05, 3.63) is 93.6 Å². The van der Waals surface area contributed by atoms with Crippen molar-refractivity contribution in [3.8, 4) is 0 Å². The fraction of sp³-hybridized carbons (Fsp3) is 0.233. The van der Waals surface area contributed by atoms with Gasteiger partial charge in [0.15, 0.2) is 0 Å². The molecule has 1 heterocycles. The normalized spacial score (nSPS) is 12.2. The molecule has 1 atom stereocenters. The Hall–Kier alpha value is -3.80. The molecule has 42 heavy (non-hydrogen) atoms. The third-order valence-corrected chi connectivity index (χ3v) is 9.20. The minimum absolute atomic E-state index is 0.00915. The summed E-state index contributed by atoms with van der Waals surface area (Å²) in [6.45, 7) is 3.65. The fourth-order valence-electron chi connectivity index (χ4n) is 4.73. The number of sulfone groups is 1. The summed E-state index contributed by atoms with van der Waals surface area (Å²) in [5.74, 6) is -2.02. The lowest BCUT2D eigenvalue weighted by Gasteiger charge is -2.15. The van der Waals surface area contributed by atoms with Gasteiger partial charge in [-0.3, -0.25) is 14.4 Å². The highest BCUT2D eigenvalue weighted by molar-refractivity contribution is 7.91. The highest BCUT2D eigenvalue weighted by Crippen LogP contribution is 2.34. The Morgan fingerprint density at radius 3 is 2.26 bits per heavy atom. The summed E-state index contributed by atoms with van der Waals surface area (Å²) in [7, 11) is -4.13. The number of hydrogen-bond donors (Lipinski definition) is 5. The van der Waals surface area contributed by atoms with Crippen LogP contribution >= 0.6 is 24.2 Å². The lowest BCUT2D eigenvalue weighted by Crippen LogP contribution is -2.35. The molecule has 0 aliphatic heterocycles. The van der Waals surface area contributed by atoms with Crippen LogP contribution in [0.15, 0.2) is 70.5 Å². The predicted molar refractivity (Wildman–Crippen MR) is 164 cm³/mol. The average Bonchev–Trinajstić information content (AvgIpc) is 3.33. The van der Waals surface area contributed by atoms with E-state index in [1.54, 1.807) is 62.4 Å². The van der Waals surface area contributed by atoms with Crippen LogP contribution in [-0.2, 0) is 14.6 Å². The molecule has 4 aromatic rings. The molecule has 0 spiro atoms. The monoisotopic (exact) mass is 627 g/mol. The lowest BCUT2D eigenvalue weighted by molar-refractivity contribution is -0.137. The zero-order chi connectivity index (χ0) is 30.6. The minimum Gasteiger partial charge on any atom is -0.481 e. The second-order valence-electron chi connectivity index (χ2n) is 9.89. The number of rotatable bonds is 11. The van der Waals surface area contributed by atoms with Gasteiger partial charge in [0.1, 0.15) is 10.6 Å². The van der Waals surface area contributed by atoms with Crippen molar-refractivity contribution >= 4 is 62.8 Å². The van der Waals surface area contributed by atoms with E-state index in [-0.39, 0.29) is 41.4 Å². The third kappa shape index (κ3) is 6.97. The summed E-state index contributed by atoms with van der Waals surface area (Å²) < 4.78 is 27.7. The molecular formula is C30H30ClN3O6S2. The largest absolute Gasteiger partial charge is 0.481 e. The first-order valence-electron chi connectivity index (χ1n) is 13.1. The topological polar surface area (TPSA) is 145 Å². The number of carbonyl (C=O) groups is 3. The van der Waals surface area contributed by atoms with Crippen LogP contribution in [0.3, 0.4) is 0 Å². The first-order valence-corrected chi connectivity index (χ1v) is 15.5. The van der Waals surface area contributed by atoms with E-state index >= 15 is 0 Å². The maximum atomic E-state index is 13.9. The van der Waals surface area contributed by atoms with Crippen molar-refractivity contribution in [1.82, 2.24) is 15.6 Å². The summed E-state index contributed by atoms with van der Waals surface area (Å²) >= 11 is 10.7. The highest BCUT2D eigenvalue weighted by Gasteiger charge is 2.30. The second kappa shape index (κ2) is 13.0. The van der Waals surface area contributed by atoms with E-state index in [0.29, 0.717) is 27.1 Å². The Morgan fingerprint density at radius 2 is 1.60 bits per heavy atom. The van der Waals surface area contributed by atoms with E-state index in [2.05, 4.69) is 28.2 Å². The number of aromatic amines is 1. The van der Waals surface area contributed by atoms with E-state index < -0.39 is 32.9 Å². The number of nitrogens with one attached hydrogen (secondary N) is 3. The van der Waals surface area contributed by atoms with Crippen LogP contribution in [0.4, 0.5) is 0 Å². The number of fused-ring (bicyclic) bond motifs is 1. The van der Waals surface area contributed by atoms with Crippen LogP contribution in [-0.4, -0.2) is 49.4 Å². The summed E-state index contributed by atoms with van der Waals surface area (Å²) in [5, 5.41) is 14.5. The van der Waals surface area contributed by atoms with Gasteiger partial charge in [0.2, 0.25) is 9.84 Å². The first kappa shape index (κ1) is 31.1. The fourth-order valence-corrected chi connectivity index (χ4v) is 7.05. The number of halogens is 1. The molecule has 2 amide bonds. The number of hydrogen-bond acceptors (Lipinski definition) is 6. The van der Waals surface area contributed by atoms with Gasteiger partial charge in [-0.2, -0.15) is 12.6 Å². The molecule has 0 aliphatic rings. The molecule has 0 aliphatic carbocycles. The molecule has 3 aromatic carbocycles. The molecule has 12 heteroatoms. The van der Waals surface area contributed by atoms with E-state index in [0.717, 1.165) is 11.1 Å². The maximum Gasteiger partial charge on any atom is 0.303 e. The molecule has 0 radical (unpaired) electrons. The summed E-state index contributed by atoms with van der Waals surface area (Å²) in [6.07, 6.45) is 0.166. The molecule has 4 N–H and O–H groups in total. The Morgan fingerprint density at radius 1 is 0.952 bits per heavy atom. The second-order valence-corrected chi connectivity index (χ2v) is 12.8. The number of thiol groups is 1. The lowest BCUT2D eigenvalue weighted by atomic mass is 10.0. The van der Waals surface area contributed by atoms with Crippen molar-refractivity contribution in [3.63, 3.8) is 0 Å². The van der Waals surface area contributed by atoms with Crippen molar-refractivity contribution in [2.75, 3.05) is 13.1 Å². The van der Waals surface area contributed by atoms with Gasteiger partial charge in [-0.15, -0.1) is 0 Å². The van der Waals surface area contributed by atoms with E-state index in [1.807, 2.05) is 6.07 Å². The number of carbonyl (C=O) groups excluding carboxylic acids is 2. The zero-order valence-electron chi connectivity index (χ0n) is 22.9. The molecule has 0 fully saturated rings. The average molecular weight is 628 g/mol. The number of aliphatic carboxylic acids is 1. The van der Waals surface area contributed by atoms with Gasteiger partial charge in [0.25, 0.3) is 11.8 Å². The van der Waals surface area contributed by atoms with Gasteiger partial charge in [0, 0.05) is 46.2 Å². The van der Waals surface area contributed by atoms with Gasteiger partial charge >= 0.3 is 5.97 Å². The Balaban J connectivity index is 1.52. The first-order chi connectivity index (χ1) is 19.9. The van der Waals surface area contributed by atoms with Crippen LogP contribution in [0, 0.1) is 13.8 Å². The van der Waals surface area contributed by atoms with Crippen molar-refractivity contribution in [2.45, 2.75) is 41.7 Å². The predicted octanol–water partition coefficient (Wildman–Crippen LogP) is 5.27. The van der Waals surface area contributed by atoms with Crippen molar-refractivity contribution < 1.29 is 27.9 Å². The number of carboxylic acid groups (broad SMARTS) is 1. The molecule has 0 bridgehead atoms. The van der Waals surface area contributed by atoms with Gasteiger partial charge < -0.3 is 20.7 Å². The van der Waals surface area contributed by atoms with Crippen LogP contribution < -0.4 is 10.6 Å². The molecule has 220 valence electrons. The molecule has 4 rings (SSSR count). The molecular weight excluding hydrogens is 598 g/mol. The van der Waals surface area contributed by atoms with Gasteiger partial charge in [0.05, 0.1) is 4.90 Å². The number of benzene rings is 3. The number of aromatic nitrogens is 1. The molecule has 1 aromatic heterocycles. The zero-order valence-corrected chi connectivity index (χ0v) is 25.4. The molecule has 0 saturated carbocycles. The van der Waals surface area contributed by atoms with Gasteiger partial charge in [-0.25, -0.2) is 8.42 Å². The minimum atomic E-state index is -4.13. The Labute approximate surface area is 254 Å². The van der Waals surface area contributed by atoms with Crippen molar-refractivity contribution in [1.29, 1.82) is 0 Å². The summed E-state index contributed by atoms with van der Waals surface area (Å²) in [5.41, 5.74) is 2.77. The summed E-state index contributed by atoms with van der Waals surface area (Å²) in [6, 6.07) is 16.4. The number of amides is 2. The molecule has 1 unspecified atom stereocenters. The van der Waals surface area contributed by atoms with Crippen LogP contribution in [0.1, 0.15) is 55.6 Å². The van der Waals surface area contributed by atoms with Crippen LogP contribution in [0.2, 0.25) is 5.02 Å². The Kier molecular flexibility index (Phi) is 9.65. The molecule has 0 saturated heterocycles. The maximum absolute atomic E-state index is 13.9. The van der Waals surface area contributed by atoms with Gasteiger partial charge in [-0.1, -0.05) is 35.9 Å². The van der Waals surface area contributed by atoms with Crippen LogP contribution in [0.5, 0.6) is 0 Å². The quantitative estimate of drug-likeness (QED) is 0.113. The Bertz CT molecular complexity index is 1760. The van der Waals surface area contributed by atoms with Gasteiger partial charge in [-0.05, 0) is 73.4 Å². The number of carboxylic acids is 1. The van der Waals surface area contributed by atoms with E-state index in [4.69, 9.17) is 16.7 Å². The standard InChI is InChI=1S/C30H30ClN3O6S2/c1-17-13-18(2)15-20(14-17)42(39,40)28-23-16-19(31)7-8-24(23)34-27(28)30(38)33-12-11-32-29(37)22-6-4-3-5-21(22)25(41)9-10-26(35)36/h3-8,13-16,25,34,41H,9-12H2,1-2H3,(H,32,37)(H,33,38)(H,35,36). The smallest absolute Gasteiger partial charge is 0.303 e. The third-order valence-electron chi connectivity index (χ3n) is 6.61. The SMILES string of the molecule is Cc1cc(C)cc(S(=O)(=O)c2c(C(=O)NCCNC(=O)c3ccccc3C(S)CCC(=O)O)[nH]c3ccc(Cl)cc23)c1. The number of aryl methyl sites for hydroxylation is 2. The molecule has 9 nitrogen and oxygen atoms in total. The van der Waals surface area contributed by atoms with Crippen molar-refractivity contribution in [2.24, 2.45) is 0 Å². The summed E-state index contributed by atoms with van der Waals surface area (Å²) in [4.78, 5) is 39.9. The van der Waals surface area contributed by atoms with E-state index in [1.165, 1.54) is 6.07 Å². The highest BCUT2D eigenvalue weighted by atomic mass is 35.5. The van der Waals surface area contributed by atoms with E-state index in [9.17, 15) is 22.8 Å².